The van der Waals surface area contributed by atoms with Crippen LogP contribution >= 0.6 is 0 Å². The third-order valence-corrected chi connectivity index (χ3v) is 13.1. The van der Waals surface area contributed by atoms with Crippen LogP contribution in [0, 0.1) is 0 Å². The number of ether oxygens (including phenoxy) is 1. The number of fused-ring (bicyclic) bond motifs is 4. The lowest BCUT2D eigenvalue weighted by Gasteiger charge is -2.36. The van der Waals surface area contributed by atoms with Crippen LogP contribution < -0.4 is 9.64 Å². The van der Waals surface area contributed by atoms with Crippen LogP contribution in [0.5, 0.6) is 11.5 Å². The van der Waals surface area contributed by atoms with Gasteiger partial charge < -0.3 is 18.5 Å². The Labute approximate surface area is 394 Å². The van der Waals surface area contributed by atoms with Crippen molar-refractivity contribution >= 4 is 39.0 Å². The fourth-order valence-electron chi connectivity index (χ4n) is 9.66. The SMILES string of the molecule is c1ccc(-c2ccc(-c3cc(-c4ccccc4)cc(-c4ccc(-c5ccccc5)cc4)c3N3c4cc(-c5cc6ccccc6o5)ccc4Oc4ccc(-c5cc6ccccc6o5)cc43)cc2)cc1. The maximum Gasteiger partial charge on any atom is 0.151 e. The molecule has 3 heterocycles. The Morgan fingerprint density at radius 3 is 1.04 bits per heavy atom. The molecule has 0 unspecified atom stereocenters. The fraction of sp³-hybridized carbons (Fsp3) is 0. The summed E-state index contributed by atoms with van der Waals surface area (Å²) in [6.07, 6.45) is 0. The summed E-state index contributed by atoms with van der Waals surface area (Å²) in [6.45, 7) is 0. The van der Waals surface area contributed by atoms with Gasteiger partial charge in [-0.25, -0.2) is 0 Å². The smallest absolute Gasteiger partial charge is 0.151 e. The third kappa shape index (κ3) is 7.04. The van der Waals surface area contributed by atoms with Gasteiger partial charge in [-0.1, -0.05) is 176 Å². The Balaban J connectivity index is 1.10. The number of rotatable bonds is 8. The number of nitrogens with zero attached hydrogens (tertiary/aromatic N) is 1. The quantitative estimate of drug-likeness (QED) is 0.152. The second kappa shape index (κ2) is 16.4. The summed E-state index contributed by atoms with van der Waals surface area (Å²) in [5.74, 6) is 3.03. The van der Waals surface area contributed by atoms with Crippen LogP contribution in [0.1, 0.15) is 0 Å². The molecule has 0 bridgehead atoms. The number of anilines is 3. The summed E-state index contributed by atoms with van der Waals surface area (Å²) in [4.78, 5) is 2.40. The zero-order chi connectivity index (χ0) is 45.0. The first-order valence-corrected chi connectivity index (χ1v) is 23.0. The Morgan fingerprint density at radius 1 is 0.265 bits per heavy atom. The molecule has 0 fully saturated rings. The van der Waals surface area contributed by atoms with E-state index in [9.17, 15) is 0 Å². The number of para-hydroxylation sites is 2. The predicted molar refractivity (Wildman–Crippen MR) is 279 cm³/mol. The van der Waals surface area contributed by atoms with Crippen molar-refractivity contribution in [2.45, 2.75) is 0 Å². The van der Waals surface area contributed by atoms with Gasteiger partial charge in [0.15, 0.2) is 11.5 Å². The number of hydrogen-bond donors (Lipinski definition) is 0. The Kier molecular flexibility index (Phi) is 9.47. The molecule has 0 aliphatic carbocycles. The molecular formula is C64H41NO3. The van der Waals surface area contributed by atoms with Crippen molar-refractivity contribution in [1.82, 2.24) is 0 Å². The van der Waals surface area contributed by atoms with Gasteiger partial charge in [-0.15, -0.1) is 0 Å². The van der Waals surface area contributed by atoms with Crippen LogP contribution in [0.2, 0.25) is 0 Å². The molecule has 0 amide bonds. The van der Waals surface area contributed by atoms with E-state index in [1.165, 1.54) is 11.1 Å². The highest BCUT2D eigenvalue weighted by atomic mass is 16.5. The highest BCUT2D eigenvalue weighted by molar-refractivity contribution is 6.04. The average molecular weight is 872 g/mol. The van der Waals surface area contributed by atoms with Gasteiger partial charge in [0.1, 0.15) is 22.7 Å². The van der Waals surface area contributed by atoms with Gasteiger partial charge in [0.2, 0.25) is 0 Å². The highest BCUT2D eigenvalue weighted by Gasteiger charge is 2.32. The molecular weight excluding hydrogens is 831 g/mol. The van der Waals surface area contributed by atoms with Gasteiger partial charge in [0, 0.05) is 33.0 Å². The molecule has 68 heavy (non-hydrogen) atoms. The molecule has 13 rings (SSSR count). The van der Waals surface area contributed by atoms with Gasteiger partial charge in [0.05, 0.1) is 17.1 Å². The topological polar surface area (TPSA) is 38.8 Å². The Bertz CT molecular complexity index is 3500. The lowest BCUT2D eigenvalue weighted by molar-refractivity contribution is 0.477. The number of benzene rings is 10. The normalized spacial score (nSPS) is 11.9. The zero-order valence-electron chi connectivity index (χ0n) is 36.8. The molecule has 0 saturated carbocycles. The van der Waals surface area contributed by atoms with Crippen LogP contribution in [0.15, 0.2) is 258 Å². The molecule has 12 aromatic rings. The van der Waals surface area contributed by atoms with E-state index in [1.807, 2.05) is 36.4 Å². The van der Waals surface area contributed by atoms with E-state index in [0.29, 0.717) is 0 Å². The van der Waals surface area contributed by atoms with Crippen molar-refractivity contribution < 1.29 is 13.6 Å². The first-order valence-electron chi connectivity index (χ1n) is 23.0. The molecule has 0 N–H and O–H groups in total. The highest BCUT2D eigenvalue weighted by Crippen LogP contribution is 2.57. The molecule has 10 aromatic carbocycles. The van der Waals surface area contributed by atoms with Crippen LogP contribution in [0.4, 0.5) is 17.1 Å². The molecule has 4 heteroatoms. The van der Waals surface area contributed by atoms with Gasteiger partial charge >= 0.3 is 0 Å². The van der Waals surface area contributed by atoms with E-state index in [-0.39, 0.29) is 0 Å². The van der Waals surface area contributed by atoms with Crippen LogP contribution in [-0.2, 0) is 0 Å². The van der Waals surface area contributed by atoms with Crippen molar-refractivity contribution in [3.8, 4) is 89.8 Å². The lowest BCUT2D eigenvalue weighted by atomic mass is 9.88. The largest absolute Gasteiger partial charge is 0.456 e. The van der Waals surface area contributed by atoms with E-state index < -0.39 is 0 Å². The van der Waals surface area contributed by atoms with Gasteiger partial charge in [-0.05, 0) is 117 Å². The zero-order valence-corrected chi connectivity index (χ0v) is 36.8. The fourth-order valence-corrected chi connectivity index (χ4v) is 9.66. The van der Waals surface area contributed by atoms with Crippen LogP contribution in [0.25, 0.3) is 100 Å². The summed E-state index contributed by atoms with van der Waals surface area (Å²) in [5.41, 5.74) is 17.5. The summed E-state index contributed by atoms with van der Waals surface area (Å²) in [5, 5.41) is 2.10. The Morgan fingerprint density at radius 2 is 0.618 bits per heavy atom. The van der Waals surface area contributed by atoms with E-state index >= 15 is 0 Å². The van der Waals surface area contributed by atoms with Crippen molar-refractivity contribution in [2.75, 3.05) is 4.90 Å². The summed E-state index contributed by atoms with van der Waals surface area (Å²) in [6, 6.07) is 87.8. The van der Waals surface area contributed by atoms with Crippen molar-refractivity contribution in [1.29, 1.82) is 0 Å². The minimum Gasteiger partial charge on any atom is -0.456 e. The molecule has 320 valence electrons. The second-order valence-corrected chi connectivity index (χ2v) is 17.3. The maximum absolute atomic E-state index is 6.94. The van der Waals surface area contributed by atoms with E-state index in [2.05, 4.69) is 217 Å². The molecule has 4 nitrogen and oxygen atoms in total. The third-order valence-electron chi connectivity index (χ3n) is 13.1. The van der Waals surface area contributed by atoms with Gasteiger partial charge in [-0.3, -0.25) is 0 Å². The van der Waals surface area contributed by atoms with Crippen molar-refractivity contribution in [2.24, 2.45) is 0 Å². The summed E-state index contributed by atoms with van der Waals surface area (Å²) in [7, 11) is 0. The van der Waals surface area contributed by atoms with Crippen LogP contribution in [0.3, 0.4) is 0 Å². The number of furan rings is 2. The number of hydrogen-bond acceptors (Lipinski definition) is 4. The molecule has 1 aliphatic rings. The monoisotopic (exact) mass is 871 g/mol. The van der Waals surface area contributed by atoms with Gasteiger partial charge in [-0.2, -0.15) is 0 Å². The first-order chi connectivity index (χ1) is 33.7. The average Bonchev–Trinajstić information content (AvgIpc) is 4.06. The predicted octanol–water partition coefficient (Wildman–Crippen LogP) is 18.4. The van der Waals surface area contributed by atoms with E-state index in [0.717, 1.165) is 118 Å². The van der Waals surface area contributed by atoms with Crippen molar-refractivity contribution in [3.05, 3.63) is 249 Å². The lowest BCUT2D eigenvalue weighted by Crippen LogP contribution is -2.18. The van der Waals surface area contributed by atoms with Crippen LogP contribution in [-0.4, -0.2) is 0 Å². The minimum atomic E-state index is 0.733. The molecule has 0 radical (unpaired) electrons. The summed E-state index contributed by atoms with van der Waals surface area (Å²) >= 11 is 0. The molecule has 0 atom stereocenters. The van der Waals surface area contributed by atoms with E-state index in [4.69, 9.17) is 13.6 Å². The second-order valence-electron chi connectivity index (χ2n) is 17.3. The molecule has 2 aromatic heterocycles. The minimum absolute atomic E-state index is 0.733. The summed E-state index contributed by atoms with van der Waals surface area (Å²) < 4.78 is 20.0. The first kappa shape index (κ1) is 39.3. The Hall–Kier alpha value is -9.12. The molecule has 0 saturated heterocycles. The molecule has 0 spiro atoms. The van der Waals surface area contributed by atoms with Gasteiger partial charge in [0.25, 0.3) is 0 Å². The maximum atomic E-state index is 6.94. The van der Waals surface area contributed by atoms with Crippen molar-refractivity contribution in [3.63, 3.8) is 0 Å². The van der Waals surface area contributed by atoms with E-state index in [1.54, 1.807) is 0 Å². The molecule has 1 aliphatic heterocycles. The standard InChI is InChI=1S/C64H41NO3/c1-4-14-42(15-5-1)45-24-28-47(29-25-45)54-36-53(44-18-8-3-9-19-44)37-55(48-30-26-46(27-31-48)43-16-6-2-7-17-43)64(54)65-56-38-51(62-40-49-20-10-12-22-58(49)66-62)32-34-60(56)68-61-35-33-52(39-57(61)65)63-41-50-21-11-13-23-59(50)67-63/h1-41H.